The fourth-order valence-electron chi connectivity index (χ4n) is 7.88. The summed E-state index contributed by atoms with van der Waals surface area (Å²) in [7, 11) is 0. The van der Waals surface area contributed by atoms with E-state index in [-0.39, 0.29) is 24.7 Å². The topological polar surface area (TPSA) is 96.8 Å². The fraction of sp³-hybridized carbons (Fsp3) is 0.460. The molecule has 2 heterocycles. The second-order valence-corrected chi connectivity index (χ2v) is 15.9. The lowest BCUT2D eigenvalue weighted by atomic mass is 9.98. The van der Waals surface area contributed by atoms with Crippen LogP contribution in [0.5, 0.6) is 0 Å². The highest BCUT2D eigenvalue weighted by Crippen LogP contribution is 2.39. The highest BCUT2D eigenvalue weighted by molar-refractivity contribution is 5.93. The van der Waals surface area contributed by atoms with E-state index in [1.807, 2.05) is 48.5 Å². The first-order valence-electron chi connectivity index (χ1n) is 21.9. The van der Waals surface area contributed by atoms with Gasteiger partial charge < -0.3 is 24.8 Å². The molecule has 1 amide bonds. The number of para-hydroxylation sites is 2. The van der Waals surface area contributed by atoms with Crippen LogP contribution in [0, 0.1) is 0 Å². The zero-order valence-electron chi connectivity index (χ0n) is 34.8. The lowest BCUT2D eigenvalue weighted by Crippen LogP contribution is -2.40. The van der Waals surface area contributed by atoms with E-state index in [4.69, 9.17) is 9.47 Å². The Morgan fingerprint density at radius 2 is 1.36 bits per heavy atom. The van der Waals surface area contributed by atoms with Gasteiger partial charge in [0.15, 0.2) is 6.29 Å². The zero-order chi connectivity index (χ0) is 40.4. The number of nitrogens with one attached hydrogen (secondary N) is 1. The number of ether oxygens (including phenoxy) is 2. The van der Waals surface area contributed by atoms with Gasteiger partial charge >= 0.3 is 0 Å². The van der Waals surface area contributed by atoms with E-state index < -0.39 is 6.29 Å². The van der Waals surface area contributed by atoms with Crippen molar-refractivity contribution in [3.63, 3.8) is 0 Å². The molecule has 0 aliphatic carbocycles. The molecule has 0 bridgehead atoms. The third kappa shape index (κ3) is 13.0. The van der Waals surface area contributed by atoms with Gasteiger partial charge in [-0.1, -0.05) is 157 Å². The average molecular weight is 785 g/mol. The Bertz CT molecular complexity index is 1950. The second kappa shape index (κ2) is 23.2. The van der Waals surface area contributed by atoms with E-state index in [1.165, 1.54) is 83.2 Å². The number of rotatable bonds is 23. The summed E-state index contributed by atoms with van der Waals surface area (Å²) in [5.74, 6) is -0.255. The number of benzene rings is 4. The van der Waals surface area contributed by atoms with Crippen molar-refractivity contribution >= 4 is 16.9 Å². The molecule has 1 aliphatic rings. The van der Waals surface area contributed by atoms with Crippen molar-refractivity contribution in [2.45, 2.75) is 129 Å². The van der Waals surface area contributed by atoms with Crippen molar-refractivity contribution in [2.24, 2.45) is 0 Å². The molecule has 1 fully saturated rings. The van der Waals surface area contributed by atoms with Crippen LogP contribution >= 0.6 is 0 Å². The Balaban J connectivity index is 1.12. The SMILES string of the molecule is CCCCCCCCN(CCCCCCCC)C[C@@H]1C[C@H](c2ccc(CO)cc2)O[C@H](c2ccc(-c3cccc(CNC(=O)c4cnc5ccccc5n4)c3)cc2)O1. The van der Waals surface area contributed by atoms with Gasteiger partial charge in [0.25, 0.3) is 5.91 Å². The molecule has 58 heavy (non-hydrogen) atoms. The number of nitrogens with zero attached hydrogens (tertiary/aromatic N) is 3. The van der Waals surface area contributed by atoms with E-state index in [9.17, 15) is 9.90 Å². The van der Waals surface area contributed by atoms with Crippen molar-refractivity contribution in [1.82, 2.24) is 20.2 Å². The summed E-state index contributed by atoms with van der Waals surface area (Å²) < 4.78 is 13.6. The highest BCUT2D eigenvalue weighted by atomic mass is 16.7. The van der Waals surface area contributed by atoms with E-state index in [0.29, 0.717) is 17.8 Å². The van der Waals surface area contributed by atoms with Gasteiger partial charge in [-0.05, 0) is 71.9 Å². The summed E-state index contributed by atoms with van der Waals surface area (Å²) in [6.45, 7) is 8.07. The molecule has 6 rings (SSSR count). The van der Waals surface area contributed by atoms with E-state index in [2.05, 4.69) is 82.6 Å². The third-order valence-electron chi connectivity index (χ3n) is 11.3. The number of unbranched alkanes of at least 4 members (excludes halogenated alkanes) is 10. The molecule has 8 heteroatoms. The number of fused-ring (bicyclic) bond motifs is 1. The molecule has 0 spiro atoms. The Morgan fingerprint density at radius 1 is 0.707 bits per heavy atom. The molecule has 2 N–H and O–H groups in total. The van der Waals surface area contributed by atoms with Gasteiger partial charge in [0.2, 0.25) is 0 Å². The highest BCUT2D eigenvalue weighted by Gasteiger charge is 2.33. The number of aliphatic hydroxyl groups excluding tert-OH is 1. The molecule has 5 aromatic rings. The minimum Gasteiger partial charge on any atom is -0.392 e. The maximum absolute atomic E-state index is 13.0. The molecule has 308 valence electrons. The summed E-state index contributed by atoms with van der Waals surface area (Å²) in [5.41, 5.74) is 7.89. The number of aromatic nitrogens is 2. The first-order valence-corrected chi connectivity index (χ1v) is 21.9. The predicted molar refractivity (Wildman–Crippen MR) is 234 cm³/mol. The summed E-state index contributed by atoms with van der Waals surface area (Å²) in [6, 6.07) is 32.4. The largest absolute Gasteiger partial charge is 0.392 e. The maximum atomic E-state index is 13.0. The van der Waals surface area contributed by atoms with Crippen LogP contribution in [0.25, 0.3) is 22.2 Å². The predicted octanol–water partition coefficient (Wildman–Crippen LogP) is 11.3. The molecule has 0 unspecified atom stereocenters. The van der Waals surface area contributed by atoms with Gasteiger partial charge in [0.1, 0.15) is 5.69 Å². The zero-order valence-corrected chi connectivity index (χ0v) is 34.8. The minimum atomic E-state index is -0.500. The standard InChI is InChI=1S/C50H64N4O4/c1-3-5-7-9-11-15-30-54(31-16-12-10-8-6-4-2)36-44-33-48(41-24-22-38(37-55)23-25-41)58-50(57-44)42-28-26-40(27-29-42)43-19-17-18-39(32-43)34-52-49(56)47-35-51-45-20-13-14-21-46(45)53-47/h13-14,17-29,32,35,44,48,50,55H,3-12,15-16,30-31,33-34,36-37H2,1-2H3,(H,52,56)/t44-,48+,50+/m0/s1. The van der Waals surface area contributed by atoms with Crippen molar-refractivity contribution < 1.29 is 19.4 Å². The van der Waals surface area contributed by atoms with Gasteiger partial charge in [-0.15, -0.1) is 0 Å². The number of carbonyl (C=O) groups is 1. The molecule has 1 aliphatic heterocycles. The van der Waals surface area contributed by atoms with Crippen LogP contribution in [0.3, 0.4) is 0 Å². The van der Waals surface area contributed by atoms with Gasteiger partial charge in [-0.3, -0.25) is 9.78 Å². The van der Waals surface area contributed by atoms with Crippen LogP contribution in [0.15, 0.2) is 103 Å². The molecule has 4 aromatic carbocycles. The monoisotopic (exact) mass is 784 g/mol. The molecule has 1 aromatic heterocycles. The quantitative estimate of drug-likeness (QED) is 0.0637. The van der Waals surface area contributed by atoms with Crippen molar-refractivity contribution in [2.75, 3.05) is 19.6 Å². The van der Waals surface area contributed by atoms with Gasteiger partial charge in [0.05, 0.1) is 36.0 Å². The summed E-state index contributed by atoms with van der Waals surface area (Å²) in [5, 5.41) is 12.7. The third-order valence-corrected chi connectivity index (χ3v) is 11.3. The van der Waals surface area contributed by atoms with E-state index in [0.717, 1.165) is 65.0 Å². The number of aliphatic hydroxyl groups is 1. The Morgan fingerprint density at radius 3 is 2.05 bits per heavy atom. The number of carbonyl (C=O) groups excluding carboxylic acids is 1. The Kier molecular flexibility index (Phi) is 17.3. The van der Waals surface area contributed by atoms with E-state index >= 15 is 0 Å². The first kappa shape index (κ1) is 43.1. The van der Waals surface area contributed by atoms with E-state index in [1.54, 1.807) is 0 Å². The number of hydrogen-bond donors (Lipinski definition) is 2. The molecule has 0 radical (unpaired) electrons. The van der Waals surface area contributed by atoms with Crippen LogP contribution in [-0.4, -0.2) is 51.6 Å². The van der Waals surface area contributed by atoms with Gasteiger partial charge in [-0.25, -0.2) is 4.98 Å². The molecule has 0 saturated carbocycles. The summed E-state index contributed by atoms with van der Waals surface area (Å²) >= 11 is 0. The van der Waals surface area contributed by atoms with Crippen molar-refractivity contribution in [3.8, 4) is 11.1 Å². The van der Waals surface area contributed by atoms with Crippen LogP contribution < -0.4 is 5.32 Å². The molecular weight excluding hydrogens is 721 g/mol. The lowest BCUT2D eigenvalue weighted by Gasteiger charge is -2.38. The van der Waals surface area contributed by atoms with Crippen molar-refractivity contribution in [3.05, 3.63) is 131 Å². The Hall–Kier alpha value is -4.47. The van der Waals surface area contributed by atoms with Crippen LogP contribution in [-0.2, 0) is 22.6 Å². The first-order chi connectivity index (χ1) is 28.5. The summed E-state index contributed by atoms with van der Waals surface area (Å²) in [4.78, 5) is 24.5. The minimum absolute atomic E-state index is 0.0219. The molecule has 3 atom stereocenters. The van der Waals surface area contributed by atoms with Crippen LogP contribution in [0.1, 0.15) is 142 Å². The Labute approximate surface area is 346 Å². The van der Waals surface area contributed by atoms with Crippen molar-refractivity contribution in [1.29, 1.82) is 0 Å². The molecule has 8 nitrogen and oxygen atoms in total. The summed E-state index contributed by atoms with van der Waals surface area (Å²) in [6.07, 6.45) is 17.3. The maximum Gasteiger partial charge on any atom is 0.271 e. The smallest absolute Gasteiger partial charge is 0.271 e. The van der Waals surface area contributed by atoms with Gasteiger partial charge in [0, 0.05) is 25.1 Å². The average Bonchev–Trinajstić information content (AvgIpc) is 3.27. The number of amides is 1. The normalized spacial score (nSPS) is 16.9. The fourth-order valence-corrected chi connectivity index (χ4v) is 7.88. The van der Waals surface area contributed by atoms with Crippen LogP contribution in [0.2, 0.25) is 0 Å². The number of hydrogen-bond acceptors (Lipinski definition) is 7. The van der Waals surface area contributed by atoms with Crippen LogP contribution in [0.4, 0.5) is 0 Å². The lowest BCUT2D eigenvalue weighted by molar-refractivity contribution is -0.253. The molecular formula is C50H64N4O4. The molecule has 1 saturated heterocycles. The van der Waals surface area contributed by atoms with Gasteiger partial charge in [-0.2, -0.15) is 0 Å². The second-order valence-electron chi connectivity index (χ2n) is 15.9.